The van der Waals surface area contributed by atoms with E-state index in [1.54, 1.807) is 43.3 Å². The maximum Gasteiger partial charge on any atom is 0.291 e. The summed E-state index contributed by atoms with van der Waals surface area (Å²) in [7, 11) is 0. The number of fused-ring (bicyclic) bond motifs is 1. The molecule has 0 fully saturated rings. The van der Waals surface area contributed by atoms with Gasteiger partial charge in [0.25, 0.3) is 11.8 Å². The van der Waals surface area contributed by atoms with Crippen molar-refractivity contribution in [3.63, 3.8) is 0 Å². The van der Waals surface area contributed by atoms with Crippen LogP contribution >= 0.6 is 0 Å². The number of hydrogen-bond donors (Lipinski definition) is 1. The van der Waals surface area contributed by atoms with Crippen molar-refractivity contribution >= 4 is 23.2 Å². The summed E-state index contributed by atoms with van der Waals surface area (Å²) in [5.74, 6) is 0.401. The topological polar surface area (TPSA) is 71.8 Å². The van der Waals surface area contributed by atoms with E-state index < -0.39 is 6.10 Å². The van der Waals surface area contributed by atoms with Crippen LogP contribution in [0, 0.1) is 0 Å². The molecule has 1 aromatic heterocycles. The summed E-state index contributed by atoms with van der Waals surface area (Å²) in [6.45, 7) is 3.80. The first kappa shape index (κ1) is 18.8. The van der Waals surface area contributed by atoms with Crippen LogP contribution in [0.5, 0.6) is 5.75 Å². The molecule has 6 nitrogen and oxygen atoms in total. The second-order valence-corrected chi connectivity index (χ2v) is 7.11. The molecule has 0 radical (unpaired) electrons. The van der Waals surface area contributed by atoms with Crippen LogP contribution in [0.3, 0.4) is 0 Å². The Morgan fingerprint density at radius 3 is 2.59 bits per heavy atom. The second-order valence-electron chi connectivity index (χ2n) is 7.11. The zero-order valence-electron chi connectivity index (χ0n) is 16.3. The lowest BCUT2D eigenvalue weighted by Gasteiger charge is -2.26. The molecule has 1 aliphatic heterocycles. The Labute approximate surface area is 169 Å². The van der Waals surface area contributed by atoms with Gasteiger partial charge in [0, 0.05) is 17.4 Å². The van der Waals surface area contributed by atoms with Crippen LogP contribution in [-0.4, -0.2) is 24.0 Å². The highest BCUT2D eigenvalue weighted by molar-refractivity contribution is 6.02. The molecular weight excluding hydrogens is 368 g/mol. The van der Waals surface area contributed by atoms with Gasteiger partial charge in [-0.15, -0.1) is 0 Å². The van der Waals surface area contributed by atoms with Gasteiger partial charge in [-0.3, -0.25) is 9.59 Å². The Morgan fingerprint density at radius 1 is 1.10 bits per heavy atom. The highest BCUT2D eigenvalue weighted by Crippen LogP contribution is 2.32. The quantitative estimate of drug-likeness (QED) is 0.706. The molecule has 0 saturated carbocycles. The number of amides is 2. The smallest absolute Gasteiger partial charge is 0.291 e. The number of para-hydroxylation sites is 1. The van der Waals surface area contributed by atoms with Crippen LogP contribution in [0.4, 0.5) is 11.4 Å². The summed E-state index contributed by atoms with van der Waals surface area (Å²) >= 11 is 0. The Balaban J connectivity index is 1.40. The van der Waals surface area contributed by atoms with Crippen LogP contribution < -0.4 is 15.0 Å². The van der Waals surface area contributed by atoms with Gasteiger partial charge in [0.2, 0.25) is 0 Å². The van der Waals surface area contributed by atoms with Crippen molar-refractivity contribution in [3.8, 4) is 5.75 Å². The zero-order valence-corrected chi connectivity index (χ0v) is 16.3. The average molecular weight is 390 g/mol. The highest BCUT2D eigenvalue weighted by Gasteiger charge is 2.33. The van der Waals surface area contributed by atoms with Gasteiger partial charge >= 0.3 is 0 Å². The van der Waals surface area contributed by atoms with Crippen LogP contribution in [0.15, 0.2) is 71.3 Å². The molecule has 29 heavy (non-hydrogen) atoms. The molecule has 0 saturated heterocycles. The normalized spacial score (nSPS) is 16.2. The molecule has 3 aromatic rings. The standard InChI is InChI=1S/C23H22N2O4/c1-15-14-17-6-3-4-7-20(17)25(15)23(27)16(2)29-19-11-9-18(10-12-19)24-22(26)21-8-5-13-28-21/h3-13,15-16H,14H2,1-2H3,(H,24,26)/t15-,16-/m1/s1. The van der Waals surface area contributed by atoms with E-state index in [4.69, 9.17) is 9.15 Å². The average Bonchev–Trinajstić information content (AvgIpc) is 3.36. The number of furan rings is 1. The van der Waals surface area contributed by atoms with Crippen molar-refractivity contribution in [1.82, 2.24) is 0 Å². The third kappa shape index (κ3) is 3.87. The van der Waals surface area contributed by atoms with Gasteiger partial charge in [0.15, 0.2) is 11.9 Å². The fourth-order valence-corrected chi connectivity index (χ4v) is 3.57. The van der Waals surface area contributed by atoms with Gasteiger partial charge in [-0.2, -0.15) is 0 Å². The Kier molecular flexibility index (Phi) is 5.08. The van der Waals surface area contributed by atoms with Gasteiger partial charge in [-0.05, 0) is 68.3 Å². The number of hydrogen-bond acceptors (Lipinski definition) is 4. The predicted octanol–water partition coefficient (Wildman–Crippen LogP) is 4.28. The fourth-order valence-electron chi connectivity index (χ4n) is 3.57. The van der Waals surface area contributed by atoms with Gasteiger partial charge in [0.05, 0.1) is 6.26 Å². The van der Waals surface area contributed by atoms with E-state index >= 15 is 0 Å². The molecule has 0 bridgehead atoms. The zero-order chi connectivity index (χ0) is 20.4. The van der Waals surface area contributed by atoms with Crippen molar-refractivity contribution in [2.24, 2.45) is 0 Å². The molecule has 0 aliphatic carbocycles. The third-order valence-corrected chi connectivity index (χ3v) is 4.96. The van der Waals surface area contributed by atoms with Crippen molar-refractivity contribution in [2.45, 2.75) is 32.4 Å². The van der Waals surface area contributed by atoms with E-state index in [9.17, 15) is 9.59 Å². The number of anilines is 2. The Morgan fingerprint density at radius 2 is 1.86 bits per heavy atom. The minimum atomic E-state index is -0.632. The molecule has 0 unspecified atom stereocenters. The van der Waals surface area contributed by atoms with Crippen molar-refractivity contribution in [1.29, 1.82) is 0 Å². The maximum atomic E-state index is 13.0. The van der Waals surface area contributed by atoms with Crippen molar-refractivity contribution in [2.75, 3.05) is 10.2 Å². The lowest BCUT2D eigenvalue weighted by atomic mass is 10.1. The van der Waals surface area contributed by atoms with Crippen LogP contribution in [0.1, 0.15) is 30.0 Å². The molecule has 2 atom stereocenters. The van der Waals surface area contributed by atoms with Crippen LogP contribution in [-0.2, 0) is 11.2 Å². The van der Waals surface area contributed by atoms with Gasteiger partial charge in [-0.1, -0.05) is 18.2 Å². The number of nitrogens with zero attached hydrogens (tertiary/aromatic N) is 1. The summed E-state index contributed by atoms with van der Waals surface area (Å²) in [5.41, 5.74) is 2.74. The third-order valence-electron chi connectivity index (χ3n) is 4.96. The predicted molar refractivity (Wildman–Crippen MR) is 110 cm³/mol. The molecule has 148 valence electrons. The van der Waals surface area contributed by atoms with E-state index in [-0.39, 0.29) is 23.6 Å². The summed E-state index contributed by atoms with van der Waals surface area (Å²) in [5, 5.41) is 2.75. The van der Waals surface area contributed by atoms with E-state index in [1.807, 2.05) is 30.0 Å². The molecule has 4 rings (SSSR count). The van der Waals surface area contributed by atoms with E-state index in [2.05, 4.69) is 11.4 Å². The van der Waals surface area contributed by atoms with Gasteiger partial charge in [0.1, 0.15) is 5.75 Å². The summed E-state index contributed by atoms with van der Waals surface area (Å²) in [4.78, 5) is 26.8. The van der Waals surface area contributed by atoms with Crippen LogP contribution in [0.25, 0.3) is 0 Å². The fraction of sp³-hybridized carbons (Fsp3) is 0.217. The SMILES string of the molecule is C[C@@H]1Cc2ccccc2N1C(=O)[C@@H](C)Oc1ccc(NC(=O)c2ccco2)cc1. The summed E-state index contributed by atoms with van der Waals surface area (Å²) in [6, 6.07) is 18.2. The number of benzene rings is 2. The molecule has 2 heterocycles. The van der Waals surface area contributed by atoms with Crippen molar-refractivity contribution < 1.29 is 18.7 Å². The summed E-state index contributed by atoms with van der Waals surface area (Å²) in [6.07, 6.45) is 1.66. The van der Waals surface area contributed by atoms with Gasteiger partial charge in [-0.25, -0.2) is 0 Å². The lowest BCUT2D eigenvalue weighted by Crippen LogP contribution is -2.43. The largest absolute Gasteiger partial charge is 0.481 e. The van der Waals surface area contributed by atoms with E-state index in [0.717, 1.165) is 12.1 Å². The number of rotatable bonds is 5. The number of carbonyl (C=O) groups excluding carboxylic acids is 2. The Hall–Kier alpha value is -3.54. The number of carbonyl (C=O) groups is 2. The minimum absolute atomic E-state index is 0.0716. The molecule has 2 amide bonds. The van der Waals surface area contributed by atoms with Gasteiger partial charge < -0.3 is 19.4 Å². The first-order valence-electron chi connectivity index (χ1n) is 9.55. The van der Waals surface area contributed by atoms with E-state index in [1.165, 1.54) is 11.8 Å². The molecular formula is C23H22N2O4. The molecule has 6 heteroatoms. The van der Waals surface area contributed by atoms with E-state index in [0.29, 0.717) is 11.4 Å². The molecule has 2 aromatic carbocycles. The molecule has 1 N–H and O–H groups in total. The maximum absolute atomic E-state index is 13.0. The molecule has 0 spiro atoms. The first-order chi connectivity index (χ1) is 14.0. The molecule has 1 aliphatic rings. The van der Waals surface area contributed by atoms with Crippen molar-refractivity contribution in [3.05, 3.63) is 78.3 Å². The second kappa shape index (κ2) is 7.83. The minimum Gasteiger partial charge on any atom is -0.481 e. The van der Waals surface area contributed by atoms with Crippen LogP contribution in [0.2, 0.25) is 0 Å². The Bertz CT molecular complexity index is 1010. The highest BCUT2D eigenvalue weighted by atomic mass is 16.5. The summed E-state index contributed by atoms with van der Waals surface area (Å²) < 4.78 is 10.9. The first-order valence-corrected chi connectivity index (χ1v) is 9.55. The number of ether oxygens (including phenoxy) is 1. The monoisotopic (exact) mass is 390 g/mol. The lowest BCUT2D eigenvalue weighted by molar-refractivity contribution is -0.124. The number of nitrogens with one attached hydrogen (secondary N) is 1.